The van der Waals surface area contributed by atoms with Gasteiger partial charge in [-0.05, 0) is 61.1 Å². The van der Waals surface area contributed by atoms with Crippen molar-refractivity contribution in [2.75, 3.05) is 11.2 Å². The molecule has 1 aliphatic rings. The maximum Gasteiger partial charge on any atom is 0.227 e. The Bertz CT molecular complexity index is 654. The van der Waals surface area contributed by atoms with Crippen LogP contribution in [0.2, 0.25) is 5.02 Å². The topological polar surface area (TPSA) is 20.3 Å². The van der Waals surface area contributed by atoms with Crippen LogP contribution >= 0.6 is 23.4 Å². The molecule has 0 saturated carbocycles. The number of benzene rings is 2. The van der Waals surface area contributed by atoms with E-state index >= 15 is 0 Å². The van der Waals surface area contributed by atoms with Gasteiger partial charge in [0.1, 0.15) is 0 Å². The lowest BCUT2D eigenvalue weighted by Gasteiger charge is -2.36. The van der Waals surface area contributed by atoms with E-state index in [1.54, 1.807) is 11.8 Å². The summed E-state index contributed by atoms with van der Waals surface area (Å²) < 4.78 is 0. The Morgan fingerprint density at radius 3 is 2.41 bits per heavy atom. The van der Waals surface area contributed by atoms with Gasteiger partial charge in [0.25, 0.3) is 0 Å². The van der Waals surface area contributed by atoms with Gasteiger partial charge in [-0.2, -0.15) is 0 Å². The smallest absolute Gasteiger partial charge is 0.227 e. The van der Waals surface area contributed by atoms with E-state index in [4.69, 9.17) is 11.6 Å². The first-order valence-electron chi connectivity index (χ1n) is 7.40. The van der Waals surface area contributed by atoms with Crippen LogP contribution < -0.4 is 4.90 Å². The Hall–Kier alpha value is -1.45. The molecule has 0 radical (unpaired) electrons. The SMILES string of the molecule is CSc1ccc(C2CCCC(=O)N2c2ccc(Cl)cc2)cc1. The zero-order valence-corrected chi connectivity index (χ0v) is 14.0. The van der Waals surface area contributed by atoms with Crippen molar-refractivity contribution in [3.05, 3.63) is 59.1 Å². The van der Waals surface area contributed by atoms with Gasteiger partial charge in [0.15, 0.2) is 0 Å². The summed E-state index contributed by atoms with van der Waals surface area (Å²) in [6, 6.07) is 16.2. The van der Waals surface area contributed by atoms with Crippen LogP contribution in [0, 0.1) is 0 Å². The molecule has 0 spiro atoms. The Morgan fingerprint density at radius 1 is 1.09 bits per heavy atom. The number of rotatable bonds is 3. The molecule has 1 heterocycles. The lowest BCUT2D eigenvalue weighted by Crippen LogP contribution is -2.38. The Morgan fingerprint density at radius 2 is 1.77 bits per heavy atom. The van der Waals surface area contributed by atoms with Gasteiger partial charge in [0, 0.05) is 22.0 Å². The number of hydrogen-bond acceptors (Lipinski definition) is 2. The third-order valence-electron chi connectivity index (χ3n) is 4.05. The Labute approximate surface area is 140 Å². The highest BCUT2D eigenvalue weighted by atomic mass is 35.5. The number of thioether (sulfide) groups is 1. The molecule has 0 N–H and O–H groups in total. The van der Waals surface area contributed by atoms with Crippen molar-refractivity contribution >= 4 is 35.0 Å². The predicted molar refractivity (Wildman–Crippen MR) is 93.8 cm³/mol. The number of hydrogen-bond donors (Lipinski definition) is 0. The molecule has 1 amide bonds. The molecule has 3 rings (SSSR count). The van der Waals surface area contributed by atoms with Crippen LogP contribution in [-0.4, -0.2) is 12.2 Å². The van der Waals surface area contributed by atoms with E-state index in [2.05, 4.69) is 30.5 Å². The minimum atomic E-state index is 0.110. The van der Waals surface area contributed by atoms with Crippen LogP contribution in [0.3, 0.4) is 0 Å². The van der Waals surface area contributed by atoms with Crippen molar-refractivity contribution in [1.29, 1.82) is 0 Å². The van der Waals surface area contributed by atoms with Crippen LogP contribution in [-0.2, 0) is 4.79 Å². The van der Waals surface area contributed by atoms with E-state index in [0.29, 0.717) is 11.4 Å². The fourth-order valence-corrected chi connectivity index (χ4v) is 3.47. The highest BCUT2D eigenvalue weighted by molar-refractivity contribution is 7.98. The maximum atomic E-state index is 12.5. The first-order chi connectivity index (χ1) is 10.7. The molecule has 0 aromatic heterocycles. The van der Waals surface area contributed by atoms with Crippen LogP contribution in [0.5, 0.6) is 0 Å². The molecule has 1 fully saturated rings. The molecule has 2 aromatic carbocycles. The fraction of sp³-hybridized carbons (Fsp3) is 0.278. The summed E-state index contributed by atoms with van der Waals surface area (Å²) in [5.74, 6) is 0.188. The lowest BCUT2D eigenvalue weighted by atomic mass is 9.94. The Balaban J connectivity index is 1.95. The molecule has 22 heavy (non-hydrogen) atoms. The molecular formula is C18H18ClNOS. The summed E-state index contributed by atoms with van der Waals surface area (Å²) in [5, 5.41) is 0.689. The van der Waals surface area contributed by atoms with Gasteiger partial charge in [-0.1, -0.05) is 23.7 Å². The zero-order valence-electron chi connectivity index (χ0n) is 12.5. The second-order valence-electron chi connectivity index (χ2n) is 5.42. The molecule has 2 aromatic rings. The third kappa shape index (κ3) is 3.16. The average Bonchev–Trinajstić information content (AvgIpc) is 2.56. The van der Waals surface area contributed by atoms with Gasteiger partial charge < -0.3 is 4.90 Å². The van der Waals surface area contributed by atoms with Crippen LogP contribution in [0.1, 0.15) is 30.9 Å². The van der Waals surface area contributed by atoms with Crippen molar-refractivity contribution in [1.82, 2.24) is 0 Å². The largest absolute Gasteiger partial charge is 0.305 e. The Kier molecular flexibility index (Phi) is 4.74. The number of piperidine rings is 1. The third-order valence-corrected chi connectivity index (χ3v) is 5.05. The summed E-state index contributed by atoms with van der Waals surface area (Å²) in [4.78, 5) is 15.6. The maximum absolute atomic E-state index is 12.5. The van der Waals surface area contributed by atoms with Crippen LogP contribution in [0.25, 0.3) is 0 Å². The average molecular weight is 332 g/mol. The first-order valence-corrected chi connectivity index (χ1v) is 9.01. The minimum absolute atomic E-state index is 0.110. The van der Waals surface area contributed by atoms with Gasteiger partial charge >= 0.3 is 0 Å². The summed E-state index contributed by atoms with van der Waals surface area (Å²) in [6.45, 7) is 0. The van der Waals surface area contributed by atoms with Crippen molar-refractivity contribution < 1.29 is 4.79 Å². The summed E-state index contributed by atoms with van der Waals surface area (Å²) in [7, 11) is 0. The molecule has 1 saturated heterocycles. The summed E-state index contributed by atoms with van der Waals surface area (Å²) in [6.07, 6.45) is 4.62. The van der Waals surface area contributed by atoms with Gasteiger partial charge in [-0.3, -0.25) is 4.79 Å². The summed E-state index contributed by atoms with van der Waals surface area (Å²) in [5.41, 5.74) is 2.12. The van der Waals surface area contributed by atoms with Gasteiger partial charge in [-0.25, -0.2) is 0 Å². The lowest BCUT2D eigenvalue weighted by molar-refractivity contribution is -0.120. The number of carbonyl (C=O) groups excluding carboxylic acids is 1. The second-order valence-corrected chi connectivity index (χ2v) is 6.74. The molecule has 4 heteroatoms. The summed E-state index contributed by atoms with van der Waals surface area (Å²) >= 11 is 7.70. The standard InChI is InChI=1S/C18H18ClNOS/c1-22-16-11-5-13(6-12-16)17-3-2-4-18(21)20(17)15-9-7-14(19)8-10-15/h5-12,17H,2-4H2,1H3. The normalized spacial score (nSPS) is 18.5. The van der Waals surface area contributed by atoms with Crippen molar-refractivity contribution in [2.24, 2.45) is 0 Å². The van der Waals surface area contributed by atoms with Crippen molar-refractivity contribution in [3.8, 4) is 0 Å². The predicted octanol–water partition coefficient (Wildman–Crippen LogP) is 5.32. The minimum Gasteiger partial charge on any atom is -0.305 e. The van der Waals surface area contributed by atoms with Crippen molar-refractivity contribution in [2.45, 2.75) is 30.2 Å². The molecule has 114 valence electrons. The molecule has 1 unspecified atom stereocenters. The molecule has 0 aliphatic carbocycles. The highest BCUT2D eigenvalue weighted by Gasteiger charge is 2.30. The molecule has 1 atom stereocenters. The number of anilines is 1. The highest BCUT2D eigenvalue weighted by Crippen LogP contribution is 2.36. The molecule has 0 bridgehead atoms. The van der Waals surface area contributed by atoms with E-state index in [1.165, 1.54) is 10.5 Å². The zero-order chi connectivity index (χ0) is 15.5. The number of halogens is 1. The molecular weight excluding hydrogens is 314 g/mol. The van der Waals surface area contributed by atoms with E-state index < -0.39 is 0 Å². The van der Waals surface area contributed by atoms with E-state index in [0.717, 1.165) is 18.5 Å². The van der Waals surface area contributed by atoms with E-state index in [1.807, 2.05) is 29.2 Å². The monoisotopic (exact) mass is 331 g/mol. The van der Waals surface area contributed by atoms with Crippen molar-refractivity contribution in [3.63, 3.8) is 0 Å². The number of nitrogens with zero attached hydrogens (tertiary/aromatic N) is 1. The van der Waals surface area contributed by atoms with E-state index in [9.17, 15) is 4.79 Å². The number of carbonyl (C=O) groups is 1. The van der Waals surface area contributed by atoms with Crippen LogP contribution in [0.4, 0.5) is 5.69 Å². The van der Waals surface area contributed by atoms with Crippen LogP contribution in [0.15, 0.2) is 53.4 Å². The number of amides is 1. The quantitative estimate of drug-likeness (QED) is 0.709. The second kappa shape index (κ2) is 6.76. The fourth-order valence-electron chi connectivity index (χ4n) is 2.94. The molecule has 1 aliphatic heterocycles. The van der Waals surface area contributed by atoms with Gasteiger partial charge in [-0.15, -0.1) is 11.8 Å². The van der Waals surface area contributed by atoms with E-state index in [-0.39, 0.29) is 11.9 Å². The first kappa shape index (κ1) is 15.4. The van der Waals surface area contributed by atoms with Gasteiger partial charge in [0.05, 0.1) is 6.04 Å². The van der Waals surface area contributed by atoms with Gasteiger partial charge in [0.2, 0.25) is 5.91 Å². The molecule has 2 nitrogen and oxygen atoms in total.